The minimum Gasteiger partial charge on any atom is -1.00 e. The number of fused-ring (bicyclic) bond motifs is 3. The molecule has 5 atom stereocenters. The van der Waals surface area contributed by atoms with E-state index in [1.54, 1.807) is 32.0 Å². The van der Waals surface area contributed by atoms with Crippen LogP contribution in [0.1, 0.15) is 148 Å². The maximum atomic E-state index is 14.0. The Morgan fingerprint density at radius 1 is 0.481 bits per heavy atom. The molecule has 0 unspecified atom stereocenters. The summed E-state index contributed by atoms with van der Waals surface area (Å²) in [5, 5.41) is 21.4. The molecule has 26 nitrogen and oxygen atoms in total. The van der Waals surface area contributed by atoms with Crippen LogP contribution >= 0.6 is 66.7 Å². The molecule has 0 radical (unpaired) electrons. The topological polar surface area (TPSA) is 291 Å². The van der Waals surface area contributed by atoms with Gasteiger partial charge in [-0.3, -0.25) is 23.2 Å². The van der Waals surface area contributed by atoms with Crippen LogP contribution in [0.15, 0.2) is 138 Å². The summed E-state index contributed by atoms with van der Waals surface area (Å²) in [6.45, 7) is 18.9. The van der Waals surface area contributed by atoms with Crippen molar-refractivity contribution in [3.05, 3.63) is 166 Å². The van der Waals surface area contributed by atoms with Crippen LogP contribution in [0.4, 0.5) is 83.4 Å². The first-order valence-electron chi connectivity index (χ1n) is 34.2. The van der Waals surface area contributed by atoms with Crippen LogP contribution in [-0.2, 0) is 35.7 Å². The molecule has 0 aliphatic carbocycles. The number of rotatable bonds is 16. The van der Waals surface area contributed by atoms with Gasteiger partial charge in [0.25, 0.3) is 0 Å². The van der Waals surface area contributed by atoms with E-state index >= 15 is 0 Å². The maximum Gasteiger partial charge on any atom is 1.00 e. The van der Waals surface area contributed by atoms with Crippen molar-refractivity contribution in [1.29, 1.82) is 0 Å². The van der Waals surface area contributed by atoms with Gasteiger partial charge in [-0.1, -0.05) is 62.2 Å². The van der Waals surface area contributed by atoms with Gasteiger partial charge >= 0.3 is 97.1 Å². The number of alkyl halides is 20. The normalized spacial score (nSPS) is 14.4. The van der Waals surface area contributed by atoms with Crippen LogP contribution in [0.25, 0.3) is 39.5 Å². The second kappa shape index (κ2) is 54.5. The Hall–Kier alpha value is -6.91. The number of ether oxygens (including phenoxy) is 6. The molecule has 0 saturated carbocycles. The summed E-state index contributed by atoms with van der Waals surface area (Å²) in [5.74, 6) is -3.25. The fraction of sp³-hybridized carbons (Fsp3) is 0.467. The van der Waals surface area contributed by atoms with Crippen molar-refractivity contribution in [2.24, 2.45) is 0 Å². The molecular formula is C75H97AlBBr2Cl3F19LiN17NaO9. The molecule has 2 aliphatic rings. The molecule has 2 saturated heterocycles. The van der Waals surface area contributed by atoms with Gasteiger partial charge in [0, 0.05) is 99.4 Å². The van der Waals surface area contributed by atoms with Crippen molar-refractivity contribution in [3.8, 4) is 46.0 Å². The van der Waals surface area contributed by atoms with Gasteiger partial charge in [-0.15, -0.1) is 30.6 Å². The molecule has 13 rings (SSSR count). The monoisotopic (exact) mass is 2070 g/mol. The first-order valence-corrected chi connectivity index (χ1v) is 36.9. The third-order valence-electron chi connectivity index (χ3n) is 15.2. The number of aliphatic hydroxyl groups excluding tert-OH is 1. The summed E-state index contributed by atoms with van der Waals surface area (Å²) in [6.07, 6.45) is -15.0. The SMILES string of the molecule is C.C.C.C.C.C.CC(C)O.CCOC(F)(F)c1nnc2cnc(-c3ccc(O[C@H](C)C(F)(F)F)nc3)cn12.C[C@@H](Oc1ccc(-c2cn3c(C(F)(F)Cl)nnc3cn2)cn1)C(F)(F)F.C[C@@H](Oc1ccc(B2OC(C)(C)C(C)(C)O2)cn1)C(F)(F)F.C[C@@H](Oc1ccc(Br)cn1)C(F)(F)F.C[C@H]1CO1.FC(F)(Cl)c1nnc2cnc(Cl)cn12.Fc1ccc(Br)cn1.[AlH3].[H-].[H-].[Li+].[Na+]. The second-order valence-corrected chi connectivity index (χ2v) is 29.0. The molecule has 129 heavy (non-hydrogen) atoms. The van der Waals surface area contributed by atoms with E-state index in [0.717, 1.165) is 52.0 Å². The predicted octanol–water partition coefficient (Wildman–Crippen LogP) is 15.0. The van der Waals surface area contributed by atoms with E-state index in [0.29, 0.717) is 27.2 Å². The van der Waals surface area contributed by atoms with Gasteiger partial charge in [-0.25, -0.2) is 29.9 Å². The molecule has 13 heterocycles. The quantitative estimate of drug-likeness (QED) is 0.0309. The Labute approximate surface area is 811 Å². The van der Waals surface area contributed by atoms with E-state index in [1.807, 2.05) is 27.7 Å². The van der Waals surface area contributed by atoms with Crippen LogP contribution in [0.3, 0.4) is 0 Å². The summed E-state index contributed by atoms with van der Waals surface area (Å²) in [4.78, 5) is 30.3. The van der Waals surface area contributed by atoms with Crippen LogP contribution in [0, 0.1) is 5.95 Å². The van der Waals surface area contributed by atoms with Crippen molar-refractivity contribution in [2.75, 3.05) is 13.2 Å². The molecule has 2 aliphatic heterocycles. The minimum absolute atomic E-state index is 0. The van der Waals surface area contributed by atoms with E-state index in [9.17, 15) is 83.4 Å². The summed E-state index contributed by atoms with van der Waals surface area (Å²) >= 11 is 21.5. The summed E-state index contributed by atoms with van der Waals surface area (Å²) in [6, 6.07) is 14.0. The summed E-state index contributed by atoms with van der Waals surface area (Å²) < 4.78 is 285. The van der Waals surface area contributed by atoms with Gasteiger partial charge in [-0.2, -0.15) is 83.4 Å². The third kappa shape index (κ3) is 40.8. The molecule has 1 N–H and O–H groups in total. The molecule has 0 amide bonds. The number of epoxide rings is 1. The number of nitrogens with zero attached hydrogens (tertiary/aromatic N) is 17. The molecule has 54 heteroatoms. The molecule has 0 spiro atoms. The average Bonchev–Trinajstić information content (AvgIpc) is 1.66. The maximum absolute atomic E-state index is 14.0. The molecular weight excluding hydrogens is 1980 g/mol. The Morgan fingerprint density at radius 2 is 0.783 bits per heavy atom. The molecule has 712 valence electrons. The van der Waals surface area contributed by atoms with Gasteiger partial charge in [0.1, 0.15) is 5.15 Å². The van der Waals surface area contributed by atoms with Gasteiger partial charge in [0.15, 0.2) is 58.7 Å². The first-order chi connectivity index (χ1) is 55.4. The Balaban J connectivity index is -0.000000355. The van der Waals surface area contributed by atoms with Gasteiger partial charge in [0.05, 0.1) is 60.5 Å². The number of hydrogen-bond donors (Lipinski definition) is 1. The van der Waals surface area contributed by atoms with Crippen molar-refractivity contribution in [3.63, 3.8) is 0 Å². The number of hydrogen-bond acceptors (Lipinski definition) is 23. The molecule has 0 aromatic carbocycles. The Bertz CT molecular complexity index is 5030. The number of aromatic nitrogens is 17. The van der Waals surface area contributed by atoms with E-state index in [4.69, 9.17) is 68.2 Å². The number of halogens is 24. The molecule has 0 bridgehead atoms. The zero-order chi connectivity index (χ0) is 90.1. The van der Waals surface area contributed by atoms with Gasteiger partial charge in [-0.05, 0) is 175 Å². The first kappa shape index (κ1) is 128. The van der Waals surface area contributed by atoms with Crippen LogP contribution in [0.2, 0.25) is 5.15 Å². The van der Waals surface area contributed by atoms with Crippen molar-refractivity contribution >= 4 is 114 Å². The smallest absolute Gasteiger partial charge is 1.00 e. The zero-order valence-electron chi connectivity index (χ0n) is 68.0. The van der Waals surface area contributed by atoms with E-state index in [1.165, 1.54) is 118 Å². The van der Waals surface area contributed by atoms with Crippen molar-refractivity contribution < 1.29 is 178 Å². The average molecular weight is 2080 g/mol. The van der Waals surface area contributed by atoms with Gasteiger partial charge < -0.3 is 45.7 Å². The predicted molar refractivity (Wildman–Crippen MR) is 453 cm³/mol. The van der Waals surface area contributed by atoms with Crippen LogP contribution in [0.5, 0.6) is 23.5 Å². The number of aliphatic hydroxyl groups is 1. The van der Waals surface area contributed by atoms with Crippen LogP contribution in [-0.4, -0.2) is 199 Å². The standard InChI is InChI=1S/C16H14F5N5O2.C14H19BF3NO3.C14H9ClF5N5O.C8H7BrF3NO.C6H2Cl2F2N4.C5H3BrFN.C3H6O.C3H8O.6CH4.Al.Li.Na.5H/c1-3-27-16(20,21)14-25-24-12-7-22-11(8-26(12)14)10-4-5-13(23-6-10)28-9(2)15(17,18)19;1-9(14(16,17)18)20-11-7-6-10(8-19-11)15-21-12(2,3)13(4,5)22-15;1-7(14(18,19)20)26-11-3-2-8(4-22-11)9-6-25-10(5-21-9)23-24-12(25)13(15,16)17;1-5(8(10,11)12)14-7-3-2-6(9)4-13-7;7-3-2-14-4(1-11-3)12-13-5(14)6(8,9)10;6-4-1-2-5(7)8-3-4;1-3-2-4-3;1-3(2)4;;;;;;;;;;;;;;/h4-9H,3H2,1-2H3;6-9H,1-5H3;2-7H,1H3;2-5H,1H3;1-2H;1-3H;3H,2H2,1H3;3-4H,1-2H3;6*1H4;;;;;;;;/q;;;;;;;;;;;;;;;2*+1;;;;2*-1/t2*9-;7-;5-;;;3-;;;;;;;;;;;;;;;/m1111..0.............../s1. The Morgan fingerprint density at radius 3 is 1.06 bits per heavy atom. The van der Waals surface area contributed by atoms with Crippen molar-refractivity contribution in [2.45, 2.75) is 217 Å². The zero-order valence-corrected chi connectivity index (χ0v) is 73.4. The Kier molecular flexibility index (Phi) is 54.2. The fourth-order valence-electron chi connectivity index (χ4n) is 8.17. The van der Waals surface area contributed by atoms with E-state index in [2.05, 4.69) is 119 Å². The van der Waals surface area contributed by atoms with Crippen molar-refractivity contribution in [1.82, 2.24) is 83.7 Å². The second-order valence-electron chi connectivity index (χ2n) is 25.8. The summed E-state index contributed by atoms with van der Waals surface area (Å²) in [7, 11) is -0.605. The molecule has 11 aromatic rings. The van der Waals surface area contributed by atoms with E-state index < -0.39 is 108 Å². The summed E-state index contributed by atoms with van der Waals surface area (Å²) in [5.41, 5.74) is 1.10. The van der Waals surface area contributed by atoms with E-state index in [-0.39, 0.29) is 183 Å². The minimum atomic E-state index is -4.52. The molecule has 11 aromatic heterocycles. The largest absolute Gasteiger partial charge is 1.00 e. The molecule has 2 fully saturated rings. The fourth-order valence-corrected chi connectivity index (χ4v) is 9.04. The number of pyridine rings is 5. The van der Waals surface area contributed by atoms with Gasteiger partial charge in [0.2, 0.25) is 46.9 Å². The van der Waals surface area contributed by atoms with Crippen LogP contribution < -0.4 is 72.8 Å². The third-order valence-corrected chi connectivity index (χ3v) is 16.7.